The van der Waals surface area contributed by atoms with Gasteiger partial charge < -0.3 is 5.32 Å². The monoisotopic (exact) mass is 417 g/mol. The van der Waals surface area contributed by atoms with E-state index in [1.165, 1.54) is 28.9 Å². The van der Waals surface area contributed by atoms with Gasteiger partial charge in [-0.2, -0.15) is 4.57 Å². The predicted octanol–water partition coefficient (Wildman–Crippen LogP) is 1.67. The molecular formula is C21H17N6O4+. The first-order valence-electron chi connectivity index (χ1n) is 9.34. The molecule has 0 saturated heterocycles. The average molecular weight is 417 g/mol. The SMILES string of the molecule is O=C(C[n+]1ccc(Cn2nnc3ccccc3c2=O)cc1)Nc1ccc([N+](=O)[O-])cc1. The molecule has 0 aliphatic rings. The summed E-state index contributed by atoms with van der Waals surface area (Å²) in [5.41, 5.74) is 1.59. The second kappa shape index (κ2) is 8.49. The van der Waals surface area contributed by atoms with Crippen molar-refractivity contribution in [2.45, 2.75) is 13.1 Å². The molecule has 4 aromatic rings. The van der Waals surface area contributed by atoms with Gasteiger partial charge in [0.25, 0.3) is 17.2 Å². The summed E-state index contributed by atoms with van der Waals surface area (Å²) >= 11 is 0. The minimum Gasteiger partial charge on any atom is -0.321 e. The second-order valence-corrected chi connectivity index (χ2v) is 6.80. The fraction of sp³-hybridized carbons (Fsp3) is 0.0952. The fourth-order valence-corrected chi connectivity index (χ4v) is 3.03. The van der Waals surface area contributed by atoms with Crippen LogP contribution in [-0.2, 0) is 17.9 Å². The van der Waals surface area contributed by atoms with Crippen LogP contribution in [0.1, 0.15) is 5.56 Å². The minimum atomic E-state index is -0.499. The third kappa shape index (κ3) is 4.58. The van der Waals surface area contributed by atoms with Crippen molar-refractivity contribution in [3.05, 3.63) is 99.1 Å². The van der Waals surface area contributed by atoms with Crippen LogP contribution in [0.5, 0.6) is 0 Å². The molecule has 0 spiro atoms. The zero-order valence-electron chi connectivity index (χ0n) is 16.2. The Morgan fingerprint density at radius 2 is 1.77 bits per heavy atom. The first kappa shape index (κ1) is 19.8. The number of nitrogens with zero attached hydrogens (tertiary/aromatic N) is 5. The summed E-state index contributed by atoms with van der Waals surface area (Å²) in [7, 11) is 0. The third-order valence-corrected chi connectivity index (χ3v) is 4.61. The largest absolute Gasteiger partial charge is 0.321 e. The van der Waals surface area contributed by atoms with E-state index >= 15 is 0 Å². The maximum Gasteiger partial charge on any atom is 0.290 e. The molecule has 1 amide bonds. The summed E-state index contributed by atoms with van der Waals surface area (Å²) in [6.45, 7) is 0.319. The first-order chi connectivity index (χ1) is 15.0. The van der Waals surface area contributed by atoms with Crippen LogP contribution in [0.25, 0.3) is 10.9 Å². The van der Waals surface area contributed by atoms with Gasteiger partial charge in [0.05, 0.1) is 16.9 Å². The normalized spacial score (nSPS) is 10.7. The van der Waals surface area contributed by atoms with Gasteiger partial charge >= 0.3 is 0 Å². The lowest BCUT2D eigenvalue weighted by Gasteiger charge is -2.05. The number of hydrogen-bond acceptors (Lipinski definition) is 6. The Morgan fingerprint density at radius 1 is 1.06 bits per heavy atom. The molecule has 0 radical (unpaired) electrons. The minimum absolute atomic E-state index is 0.0434. The van der Waals surface area contributed by atoms with Crippen LogP contribution in [0.3, 0.4) is 0 Å². The molecule has 2 aromatic heterocycles. The standard InChI is InChI=1S/C21H16N6O4/c28-20(22-16-5-7-17(8-6-16)27(30)31)14-25-11-9-15(10-12-25)13-26-21(29)18-3-1-2-4-19(18)23-24-26/h1-12H,13-14H2/p+1. The highest BCUT2D eigenvalue weighted by atomic mass is 16.6. The number of anilines is 1. The van der Waals surface area contributed by atoms with Crippen LogP contribution in [0.15, 0.2) is 77.9 Å². The van der Waals surface area contributed by atoms with Crippen molar-refractivity contribution in [1.82, 2.24) is 15.0 Å². The van der Waals surface area contributed by atoms with E-state index in [2.05, 4.69) is 15.6 Å². The van der Waals surface area contributed by atoms with E-state index in [1.807, 2.05) is 0 Å². The Morgan fingerprint density at radius 3 is 2.48 bits per heavy atom. The van der Waals surface area contributed by atoms with E-state index in [9.17, 15) is 19.7 Å². The highest BCUT2D eigenvalue weighted by Gasteiger charge is 2.12. The number of amides is 1. The van der Waals surface area contributed by atoms with Crippen molar-refractivity contribution < 1.29 is 14.3 Å². The number of carbonyl (C=O) groups is 1. The lowest BCUT2D eigenvalue weighted by Crippen LogP contribution is -2.39. The molecule has 0 unspecified atom stereocenters. The highest BCUT2D eigenvalue weighted by Crippen LogP contribution is 2.15. The summed E-state index contributed by atoms with van der Waals surface area (Å²) in [4.78, 5) is 34.9. The van der Waals surface area contributed by atoms with E-state index in [0.29, 0.717) is 16.6 Å². The van der Waals surface area contributed by atoms with E-state index in [1.54, 1.807) is 53.4 Å². The van der Waals surface area contributed by atoms with Gasteiger partial charge in [0.1, 0.15) is 5.52 Å². The number of carbonyl (C=O) groups excluding carboxylic acids is 1. The number of hydrogen-bond donors (Lipinski definition) is 1. The molecule has 154 valence electrons. The first-order valence-corrected chi connectivity index (χ1v) is 9.34. The molecule has 4 rings (SSSR count). The van der Waals surface area contributed by atoms with E-state index in [-0.39, 0.29) is 30.2 Å². The van der Waals surface area contributed by atoms with Gasteiger partial charge in [-0.15, -0.1) is 5.10 Å². The van der Waals surface area contributed by atoms with Crippen molar-refractivity contribution in [2.24, 2.45) is 0 Å². The van der Waals surface area contributed by atoms with Crippen LogP contribution < -0.4 is 15.4 Å². The number of non-ortho nitro benzene ring substituents is 1. The molecule has 2 heterocycles. The van der Waals surface area contributed by atoms with Gasteiger partial charge in [-0.3, -0.25) is 19.7 Å². The summed E-state index contributed by atoms with van der Waals surface area (Å²) in [5.74, 6) is -0.275. The maximum absolute atomic E-state index is 12.5. The van der Waals surface area contributed by atoms with Crippen molar-refractivity contribution in [3.63, 3.8) is 0 Å². The van der Waals surface area contributed by atoms with Crippen LogP contribution in [0.2, 0.25) is 0 Å². The topological polar surface area (TPSA) is 124 Å². The summed E-state index contributed by atoms with van der Waals surface area (Å²) in [6, 6.07) is 16.2. The van der Waals surface area contributed by atoms with Gasteiger partial charge in [0.15, 0.2) is 12.4 Å². The lowest BCUT2D eigenvalue weighted by molar-refractivity contribution is -0.684. The van der Waals surface area contributed by atoms with Crippen molar-refractivity contribution in [3.8, 4) is 0 Å². The predicted molar refractivity (Wildman–Crippen MR) is 111 cm³/mol. The molecular weight excluding hydrogens is 400 g/mol. The third-order valence-electron chi connectivity index (χ3n) is 4.61. The van der Waals surface area contributed by atoms with Crippen LogP contribution >= 0.6 is 0 Å². The molecule has 0 aliphatic carbocycles. The number of fused-ring (bicyclic) bond motifs is 1. The molecule has 0 fully saturated rings. The molecule has 10 heteroatoms. The maximum atomic E-state index is 12.5. The molecule has 2 aromatic carbocycles. The summed E-state index contributed by atoms with van der Waals surface area (Å²) < 4.78 is 2.97. The number of aromatic nitrogens is 4. The van der Waals surface area contributed by atoms with Crippen molar-refractivity contribution >= 4 is 28.2 Å². The Hall–Kier alpha value is -4.47. The Kier molecular flexibility index (Phi) is 5.43. The lowest BCUT2D eigenvalue weighted by atomic mass is 10.2. The number of benzene rings is 2. The zero-order valence-corrected chi connectivity index (χ0v) is 16.2. The number of rotatable bonds is 6. The number of nitro benzene ring substituents is 1. The number of nitro groups is 1. The average Bonchev–Trinajstić information content (AvgIpc) is 2.77. The van der Waals surface area contributed by atoms with Crippen LogP contribution in [0.4, 0.5) is 11.4 Å². The molecule has 1 N–H and O–H groups in total. The quantitative estimate of drug-likeness (QED) is 0.289. The second-order valence-electron chi connectivity index (χ2n) is 6.80. The van der Waals surface area contributed by atoms with Crippen LogP contribution in [0, 0.1) is 10.1 Å². The van der Waals surface area contributed by atoms with Crippen LogP contribution in [-0.4, -0.2) is 25.8 Å². The molecule has 0 saturated carbocycles. The smallest absolute Gasteiger partial charge is 0.290 e. The summed E-state index contributed by atoms with van der Waals surface area (Å²) in [5, 5.41) is 21.9. The summed E-state index contributed by atoms with van der Waals surface area (Å²) in [6.07, 6.45) is 3.45. The number of nitrogens with one attached hydrogen (secondary N) is 1. The van der Waals surface area contributed by atoms with E-state index < -0.39 is 4.92 Å². The van der Waals surface area contributed by atoms with E-state index in [0.717, 1.165) is 5.56 Å². The van der Waals surface area contributed by atoms with Gasteiger partial charge in [0.2, 0.25) is 6.54 Å². The fourth-order valence-electron chi connectivity index (χ4n) is 3.03. The zero-order chi connectivity index (χ0) is 21.8. The van der Waals surface area contributed by atoms with Gasteiger partial charge in [0, 0.05) is 30.0 Å². The van der Waals surface area contributed by atoms with Gasteiger partial charge in [-0.05, 0) is 29.8 Å². The Balaban J connectivity index is 1.40. The Bertz CT molecular complexity index is 1320. The molecule has 10 nitrogen and oxygen atoms in total. The van der Waals surface area contributed by atoms with Gasteiger partial charge in [-0.1, -0.05) is 17.3 Å². The Labute approximate surface area is 175 Å². The van der Waals surface area contributed by atoms with E-state index in [4.69, 9.17) is 0 Å². The molecule has 0 atom stereocenters. The highest BCUT2D eigenvalue weighted by molar-refractivity contribution is 5.89. The molecule has 31 heavy (non-hydrogen) atoms. The molecule has 0 bridgehead atoms. The van der Waals surface area contributed by atoms with Gasteiger partial charge in [-0.25, -0.2) is 4.68 Å². The van der Waals surface area contributed by atoms with Crippen molar-refractivity contribution in [1.29, 1.82) is 0 Å². The molecule has 0 aliphatic heterocycles. The number of pyridine rings is 1. The van der Waals surface area contributed by atoms with Crippen molar-refractivity contribution in [2.75, 3.05) is 5.32 Å².